The second kappa shape index (κ2) is 12.8. The summed E-state index contributed by atoms with van der Waals surface area (Å²) in [6, 6.07) is 5.56. The van der Waals surface area contributed by atoms with E-state index < -0.39 is 11.9 Å². The Hall–Kier alpha value is -2.28. The molecule has 1 saturated heterocycles. The molecule has 0 bridgehead atoms. The molecule has 202 valence electrons. The standard InChI is InChI=1S/C29H46N2O5/c1-6-9-14-30(15-10-7-2)26(32)19-31-18-22(21-11-12-24-25(16-21)36-20-35-24)27(28(33)34)23(31)17-29(4,5)13-8-3/h11-12,16,22-23,27H,6-10,13-15,17-20H2,1-5H3,(H,33,34)/t22-,23-,27-/m1/s1. The van der Waals surface area contributed by atoms with Crippen LogP contribution in [0.1, 0.15) is 91.0 Å². The largest absolute Gasteiger partial charge is 0.481 e. The fourth-order valence-corrected chi connectivity index (χ4v) is 5.91. The molecule has 1 aromatic rings. The lowest BCUT2D eigenvalue weighted by atomic mass is 9.76. The number of carboxylic acid groups (broad SMARTS) is 1. The molecule has 0 spiro atoms. The van der Waals surface area contributed by atoms with Crippen molar-refractivity contribution in [3.05, 3.63) is 23.8 Å². The average molecular weight is 503 g/mol. The molecule has 0 aliphatic carbocycles. The van der Waals surface area contributed by atoms with E-state index in [2.05, 4.69) is 39.5 Å². The molecule has 1 aromatic carbocycles. The fraction of sp³-hybridized carbons (Fsp3) is 0.724. The second-order valence-corrected chi connectivity index (χ2v) is 11.3. The van der Waals surface area contributed by atoms with Gasteiger partial charge in [0.15, 0.2) is 11.5 Å². The Morgan fingerprint density at radius 2 is 1.72 bits per heavy atom. The zero-order chi connectivity index (χ0) is 26.3. The third kappa shape index (κ3) is 6.93. The summed E-state index contributed by atoms with van der Waals surface area (Å²) in [5.74, 6) is -0.122. The first-order valence-electron chi connectivity index (χ1n) is 13.8. The number of likely N-dealkylation sites (tertiary alicyclic amines) is 1. The molecule has 3 atom stereocenters. The van der Waals surface area contributed by atoms with Crippen molar-refractivity contribution in [1.82, 2.24) is 9.80 Å². The van der Waals surface area contributed by atoms with Gasteiger partial charge in [-0.15, -0.1) is 0 Å². The van der Waals surface area contributed by atoms with E-state index in [1.807, 2.05) is 23.1 Å². The molecule has 2 aliphatic rings. The van der Waals surface area contributed by atoms with Crippen LogP contribution in [0.25, 0.3) is 0 Å². The average Bonchev–Trinajstić information content (AvgIpc) is 3.43. The third-order valence-electron chi connectivity index (χ3n) is 7.80. The number of ether oxygens (including phenoxy) is 2. The van der Waals surface area contributed by atoms with Crippen LogP contribution in [0, 0.1) is 11.3 Å². The number of fused-ring (bicyclic) bond motifs is 1. The zero-order valence-corrected chi connectivity index (χ0v) is 22.9. The number of rotatable bonds is 14. The third-order valence-corrected chi connectivity index (χ3v) is 7.80. The van der Waals surface area contributed by atoms with Crippen molar-refractivity contribution < 1.29 is 24.2 Å². The number of nitrogens with zero attached hydrogens (tertiary/aromatic N) is 2. The van der Waals surface area contributed by atoms with Crippen LogP contribution >= 0.6 is 0 Å². The number of hydrogen-bond donors (Lipinski definition) is 1. The minimum absolute atomic E-state index is 0.0116. The number of hydrogen-bond acceptors (Lipinski definition) is 5. The second-order valence-electron chi connectivity index (χ2n) is 11.3. The zero-order valence-electron chi connectivity index (χ0n) is 22.9. The number of amides is 1. The fourth-order valence-electron chi connectivity index (χ4n) is 5.91. The van der Waals surface area contributed by atoms with Crippen molar-refractivity contribution in [1.29, 1.82) is 0 Å². The molecule has 1 amide bonds. The van der Waals surface area contributed by atoms with Gasteiger partial charge in [-0.2, -0.15) is 0 Å². The minimum Gasteiger partial charge on any atom is -0.481 e. The number of carbonyl (C=O) groups is 2. The summed E-state index contributed by atoms with van der Waals surface area (Å²) in [6.45, 7) is 13.4. The van der Waals surface area contributed by atoms with Gasteiger partial charge in [0, 0.05) is 31.6 Å². The number of benzene rings is 1. The first kappa shape index (κ1) is 28.3. The van der Waals surface area contributed by atoms with Crippen LogP contribution < -0.4 is 9.47 Å². The first-order valence-corrected chi connectivity index (χ1v) is 13.8. The van der Waals surface area contributed by atoms with Gasteiger partial charge in [-0.3, -0.25) is 14.5 Å². The van der Waals surface area contributed by atoms with Crippen molar-refractivity contribution in [2.45, 2.75) is 91.5 Å². The molecule has 2 aliphatic heterocycles. The molecule has 1 N–H and O–H groups in total. The lowest BCUT2D eigenvalue weighted by Crippen LogP contribution is -2.46. The molecule has 36 heavy (non-hydrogen) atoms. The summed E-state index contributed by atoms with van der Waals surface area (Å²) in [7, 11) is 0. The quantitative estimate of drug-likeness (QED) is 0.360. The van der Waals surface area contributed by atoms with Crippen LogP contribution in [0.15, 0.2) is 18.2 Å². The summed E-state index contributed by atoms with van der Waals surface area (Å²) in [6.07, 6.45) is 6.87. The Morgan fingerprint density at radius 3 is 2.33 bits per heavy atom. The van der Waals surface area contributed by atoms with Gasteiger partial charge in [-0.25, -0.2) is 0 Å². The predicted octanol–water partition coefficient (Wildman–Crippen LogP) is 5.53. The number of carbonyl (C=O) groups excluding carboxylic acids is 1. The Balaban J connectivity index is 1.90. The van der Waals surface area contributed by atoms with Crippen LogP contribution in [0.4, 0.5) is 0 Å². The van der Waals surface area contributed by atoms with Gasteiger partial charge < -0.3 is 19.5 Å². The Morgan fingerprint density at radius 1 is 1.06 bits per heavy atom. The van der Waals surface area contributed by atoms with Gasteiger partial charge in [0.1, 0.15) is 0 Å². The number of carboxylic acids is 1. The lowest BCUT2D eigenvalue weighted by Gasteiger charge is -2.35. The maximum atomic E-state index is 13.5. The van der Waals surface area contributed by atoms with E-state index in [1.165, 1.54) is 0 Å². The van der Waals surface area contributed by atoms with Gasteiger partial charge >= 0.3 is 5.97 Å². The summed E-state index contributed by atoms with van der Waals surface area (Å²) in [4.78, 5) is 30.4. The molecule has 1 fully saturated rings. The molecule has 7 heteroatoms. The van der Waals surface area contributed by atoms with E-state index in [1.54, 1.807) is 0 Å². The molecule has 7 nitrogen and oxygen atoms in total. The maximum Gasteiger partial charge on any atom is 0.308 e. The summed E-state index contributed by atoms with van der Waals surface area (Å²) in [5.41, 5.74) is 0.927. The molecule has 0 saturated carbocycles. The lowest BCUT2D eigenvalue weighted by molar-refractivity contribution is -0.144. The van der Waals surface area contributed by atoms with E-state index in [0.717, 1.165) is 63.6 Å². The highest BCUT2D eigenvalue weighted by molar-refractivity contribution is 5.79. The smallest absolute Gasteiger partial charge is 0.308 e. The van der Waals surface area contributed by atoms with Crippen molar-refractivity contribution in [2.24, 2.45) is 11.3 Å². The SMILES string of the molecule is CCCCN(CCCC)C(=O)CN1C[C@H](c2ccc3c(c2)OCO3)[C@@H](C(=O)O)[C@H]1CC(C)(C)CCC. The first-order chi connectivity index (χ1) is 17.2. The highest BCUT2D eigenvalue weighted by Gasteiger charge is 2.48. The number of aliphatic carboxylic acids is 1. The molecule has 3 rings (SSSR count). The van der Waals surface area contributed by atoms with Crippen LogP contribution in [0.2, 0.25) is 0 Å². The van der Waals surface area contributed by atoms with E-state index in [9.17, 15) is 14.7 Å². The van der Waals surface area contributed by atoms with Gasteiger partial charge in [0.25, 0.3) is 0 Å². The molecule has 2 heterocycles. The highest BCUT2D eigenvalue weighted by Crippen LogP contribution is 2.45. The van der Waals surface area contributed by atoms with E-state index >= 15 is 0 Å². The Labute approximate surface area is 217 Å². The molecular weight excluding hydrogens is 456 g/mol. The van der Waals surface area contributed by atoms with Crippen LogP contribution in [-0.4, -0.2) is 65.8 Å². The van der Waals surface area contributed by atoms with Gasteiger partial charge in [0.05, 0.1) is 12.5 Å². The summed E-state index contributed by atoms with van der Waals surface area (Å²) < 4.78 is 11.1. The Kier molecular flexibility index (Phi) is 10.1. The van der Waals surface area contributed by atoms with E-state index in [4.69, 9.17) is 9.47 Å². The van der Waals surface area contributed by atoms with Gasteiger partial charge in [-0.1, -0.05) is 59.9 Å². The summed E-state index contributed by atoms with van der Waals surface area (Å²) >= 11 is 0. The summed E-state index contributed by atoms with van der Waals surface area (Å²) in [5, 5.41) is 10.5. The van der Waals surface area contributed by atoms with Gasteiger partial charge in [-0.05, 0) is 48.8 Å². The van der Waals surface area contributed by atoms with E-state index in [-0.39, 0.29) is 36.6 Å². The van der Waals surface area contributed by atoms with E-state index in [0.29, 0.717) is 18.0 Å². The topological polar surface area (TPSA) is 79.3 Å². The van der Waals surface area contributed by atoms with Crippen molar-refractivity contribution in [3.8, 4) is 11.5 Å². The van der Waals surface area contributed by atoms with Crippen LogP contribution in [0.5, 0.6) is 11.5 Å². The van der Waals surface area contributed by atoms with Crippen molar-refractivity contribution in [3.63, 3.8) is 0 Å². The molecule has 0 unspecified atom stereocenters. The van der Waals surface area contributed by atoms with Crippen LogP contribution in [0.3, 0.4) is 0 Å². The van der Waals surface area contributed by atoms with Gasteiger partial charge in [0.2, 0.25) is 12.7 Å². The molecule has 0 aromatic heterocycles. The monoisotopic (exact) mass is 502 g/mol. The minimum atomic E-state index is -0.793. The molecular formula is C29H46N2O5. The maximum absolute atomic E-state index is 13.5. The van der Waals surface area contributed by atoms with Crippen molar-refractivity contribution in [2.75, 3.05) is 33.0 Å². The van der Waals surface area contributed by atoms with Crippen molar-refractivity contribution >= 4 is 11.9 Å². The Bertz CT molecular complexity index is 878. The normalized spacial score (nSPS) is 21.6. The predicted molar refractivity (Wildman–Crippen MR) is 141 cm³/mol. The van der Waals surface area contributed by atoms with Crippen LogP contribution in [-0.2, 0) is 9.59 Å². The number of unbranched alkanes of at least 4 members (excludes halogenated alkanes) is 2. The molecule has 0 radical (unpaired) electrons. The highest BCUT2D eigenvalue weighted by atomic mass is 16.7.